The molecule has 1 heterocycles. The molecule has 0 aliphatic heterocycles. The number of aliphatic hydroxyl groups excluding tert-OH is 1. The van der Waals surface area contributed by atoms with Crippen molar-refractivity contribution < 1.29 is 9.90 Å². The molecular weight excluding hydrogens is 216 g/mol. The van der Waals surface area contributed by atoms with Gasteiger partial charge in [0, 0.05) is 18.9 Å². The lowest BCUT2D eigenvalue weighted by atomic mass is 10.2. The van der Waals surface area contributed by atoms with E-state index in [0.29, 0.717) is 11.4 Å². The average molecular weight is 230 g/mol. The van der Waals surface area contributed by atoms with E-state index in [1.807, 2.05) is 19.3 Å². The minimum absolute atomic E-state index is 0.0339. The van der Waals surface area contributed by atoms with Crippen molar-refractivity contribution in [1.82, 2.24) is 4.57 Å². The minimum Gasteiger partial charge on any atom is -0.392 e. The Bertz CT molecular complexity index is 532. The van der Waals surface area contributed by atoms with Crippen molar-refractivity contribution in [3.05, 3.63) is 53.9 Å². The Balaban J connectivity index is 2.16. The van der Waals surface area contributed by atoms with Crippen molar-refractivity contribution in [2.24, 2.45) is 7.05 Å². The molecule has 0 atom stereocenters. The third-order valence-corrected chi connectivity index (χ3v) is 2.54. The number of nitrogens with zero attached hydrogens (tertiary/aromatic N) is 1. The first-order valence-corrected chi connectivity index (χ1v) is 5.33. The van der Waals surface area contributed by atoms with Crippen LogP contribution in [0.5, 0.6) is 0 Å². The largest absolute Gasteiger partial charge is 0.392 e. The Labute approximate surface area is 99.5 Å². The molecule has 88 valence electrons. The molecule has 4 nitrogen and oxygen atoms in total. The van der Waals surface area contributed by atoms with Crippen molar-refractivity contribution >= 4 is 11.6 Å². The highest BCUT2D eigenvalue weighted by Crippen LogP contribution is 2.12. The van der Waals surface area contributed by atoms with Crippen molar-refractivity contribution in [2.45, 2.75) is 6.61 Å². The minimum atomic E-state index is -0.160. The van der Waals surface area contributed by atoms with E-state index in [4.69, 9.17) is 5.11 Å². The summed E-state index contributed by atoms with van der Waals surface area (Å²) in [4.78, 5) is 11.9. The number of aryl methyl sites for hydroxylation is 1. The fourth-order valence-corrected chi connectivity index (χ4v) is 1.64. The van der Waals surface area contributed by atoms with Crippen LogP contribution in [0.15, 0.2) is 42.6 Å². The molecule has 0 aliphatic carbocycles. The number of hydrogen-bond donors (Lipinski definition) is 2. The predicted octanol–water partition coefficient (Wildman–Crippen LogP) is 1.77. The van der Waals surface area contributed by atoms with Crippen LogP contribution in [0.1, 0.15) is 16.1 Å². The molecule has 2 N–H and O–H groups in total. The summed E-state index contributed by atoms with van der Waals surface area (Å²) in [5.41, 5.74) is 2.05. The van der Waals surface area contributed by atoms with Crippen LogP contribution in [0, 0.1) is 0 Å². The molecule has 2 aromatic rings. The monoisotopic (exact) mass is 230 g/mol. The van der Waals surface area contributed by atoms with E-state index in [9.17, 15) is 4.79 Å². The molecule has 0 unspecified atom stereocenters. The Kier molecular flexibility index (Phi) is 3.25. The van der Waals surface area contributed by atoms with Crippen molar-refractivity contribution in [2.75, 3.05) is 5.32 Å². The maximum Gasteiger partial charge on any atom is 0.272 e. The molecule has 17 heavy (non-hydrogen) atoms. The predicted molar refractivity (Wildman–Crippen MR) is 65.7 cm³/mol. The standard InChI is InChI=1S/C13H14N2O2/c1-15-7-3-6-12(15)13(17)14-11-5-2-4-10(8-11)9-16/h2-8,16H,9H2,1H3,(H,14,17). The number of aromatic nitrogens is 1. The number of aliphatic hydroxyl groups is 1. The smallest absolute Gasteiger partial charge is 0.272 e. The van der Waals surface area contributed by atoms with Gasteiger partial charge < -0.3 is 15.0 Å². The molecule has 1 amide bonds. The van der Waals surface area contributed by atoms with Gasteiger partial charge in [-0.25, -0.2) is 0 Å². The number of benzene rings is 1. The lowest BCUT2D eigenvalue weighted by Gasteiger charge is -2.07. The molecule has 0 saturated carbocycles. The van der Waals surface area contributed by atoms with E-state index in [1.54, 1.807) is 34.9 Å². The molecule has 2 rings (SSSR count). The van der Waals surface area contributed by atoms with E-state index in [1.165, 1.54) is 0 Å². The second-order valence-corrected chi connectivity index (χ2v) is 3.82. The fourth-order valence-electron chi connectivity index (χ4n) is 1.64. The van der Waals surface area contributed by atoms with E-state index in [2.05, 4.69) is 5.32 Å². The molecule has 1 aromatic heterocycles. The molecule has 0 bridgehead atoms. The van der Waals surface area contributed by atoms with Crippen LogP contribution in [-0.4, -0.2) is 15.6 Å². The molecule has 0 fully saturated rings. The zero-order valence-corrected chi connectivity index (χ0v) is 9.55. The highest BCUT2D eigenvalue weighted by molar-refractivity contribution is 6.03. The third kappa shape index (κ3) is 2.54. The fraction of sp³-hybridized carbons (Fsp3) is 0.154. The lowest BCUT2D eigenvalue weighted by Crippen LogP contribution is -2.15. The summed E-state index contributed by atoms with van der Waals surface area (Å²) >= 11 is 0. The van der Waals surface area contributed by atoms with Crippen LogP contribution in [-0.2, 0) is 13.7 Å². The highest BCUT2D eigenvalue weighted by atomic mass is 16.3. The number of amides is 1. The average Bonchev–Trinajstić information content (AvgIpc) is 2.76. The van der Waals surface area contributed by atoms with Crippen LogP contribution in [0.4, 0.5) is 5.69 Å². The molecule has 0 spiro atoms. The maximum absolute atomic E-state index is 11.9. The van der Waals surface area contributed by atoms with Crippen LogP contribution in [0.3, 0.4) is 0 Å². The molecule has 0 aliphatic rings. The lowest BCUT2D eigenvalue weighted by molar-refractivity contribution is 0.101. The van der Waals surface area contributed by atoms with E-state index >= 15 is 0 Å². The number of rotatable bonds is 3. The first-order valence-electron chi connectivity index (χ1n) is 5.33. The third-order valence-electron chi connectivity index (χ3n) is 2.54. The Morgan fingerprint density at radius 2 is 2.18 bits per heavy atom. The number of carbonyl (C=O) groups is 1. The normalized spacial score (nSPS) is 10.2. The molecule has 4 heteroatoms. The van der Waals surface area contributed by atoms with Crippen LogP contribution in [0.25, 0.3) is 0 Å². The maximum atomic E-state index is 11.9. The highest BCUT2D eigenvalue weighted by Gasteiger charge is 2.08. The number of hydrogen-bond acceptors (Lipinski definition) is 2. The van der Waals surface area contributed by atoms with E-state index in [0.717, 1.165) is 5.56 Å². The van der Waals surface area contributed by atoms with Gasteiger partial charge in [0.25, 0.3) is 5.91 Å². The summed E-state index contributed by atoms with van der Waals surface area (Å²) in [5, 5.41) is 11.8. The van der Waals surface area contributed by atoms with Crippen LogP contribution >= 0.6 is 0 Å². The quantitative estimate of drug-likeness (QED) is 0.844. The van der Waals surface area contributed by atoms with Crippen LogP contribution in [0.2, 0.25) is 0 Å². The van der Waals surface area contributed by atoms with Gasteiger partial charge in [0.15, 0.2) is 0 Å². The van der Waals surface area contributed by atoms with Crippen molar-refractivity contribution in [3.8, 4) is 0 Å². The topological polar surface area (TPSA) is 54.3 Å². The Morgan fingerprint density at radius 1 is 1.35 bits per heavy atom. The first kappa shape index (κ1) is 11.4. The van der Waals surface area contributed by atoms with Crippen LogP contribution < -0.4 is 5.32 Å². The molecular formula is C13H14N2O2. The Morgan fingerprint density at radius 3 is 2.82 bits per heavy atom. The second-order valence-electron chi connectivity index (χ2n) is 3.82. The van der Waals surface area contributed by atoms with Gasteiger partial charge in [-0.2, -0.15) is 0 Å². The van der Waals surface area contributed by atoms with Gasteiger partial charge in [0.1, 0.15) is 5.69 Å². The van der Waals surface area contributed by atoms with E-state index in [-0.39, 0.29) is 12.5 Å². The van der Waals surface area contributed by atoms with Gasteiger partial charge in [-0.1, -0.05) is 12.1 Å². The van der Waals surface area contributed by atoms with Gasteiger partial charge in [0.05, 0.1) is 6.61 Å². The van der Waals surface area contributed by atoms with Gasteiger partial charge >= 0.3 is 0 Å². The summed E-state index contributed by atoms with van der Waals surface area (Å²) in [6.45, 7) is -0.0339. The second kappa shape index (κ2) is 4.84. The zero-order chi connectivity index (χ0) is 12.3. The summed E-state index contributed by atoms with van der Waals surface area (Å²) in [6.07, 6.45) is 1.82. The van der Waals surface area contributed by atoms with Crippen molar-refractivity contribution in [1.29, 1.82) is 0 Å². The van der Waals surface area contributed by atoms with Gasteiger partial charge in [0.2, 0.25) is 0 Å². The van der Waals surface area contributed by atoms with Gasteiger partial charge in [-0.15, -0.1) is 0 Å². The summed E-state index contributed by atoms with van der Waals surface area (Å²) in [6, 6.07) is 10.7. The Hall–Kier alpha value is -2.07. The zero-order valence-electron chi connectivity index (χ0n) is 9.55. The van der Waals surface area contributed by atoms with Gasteiger partial charge in [-0.3, -0.25) is 4.79 Å². The summed E-state index contributed by atoms with van der Waals surface area (Å²) < 4.78 is 1.76. The number of anilines is 1. The SMILES string of the molecule is Cn1cccc1C(=O)Nc1cccc(CO)c1. The molecule has 0 radical (unpaired) electrons. The summed E-state index contributed by atoms with van der Waals surface area (Å²) in [7, 11) is 1.82. The van der Waals surface area contributed by atoms with E-state index < -0.39 is 0 Å². The summed E-state index contributed by atoms with van der Waals surface area (Å²) in [5.74, 6) is -0.160. The van der Waals surface area contributed by atoms with Crippen molar-refractivity contribution in [3.63, 3.8) is 0 Å². The number of nitrogens with one attached hydrogen (secondary N) is 1. The molecule has 1 aromatic carbocycles. The molecule has 0 saturated heterocycles. The van der Waals surface area contributed by atoms with Gasteiger partial charge in [-0.05, 0) is 29.8 Å². The first-order chi connectivity index (χ1) is 8.20. The number of carbonyl (C=O) groups excluding carboxylic acids is 1.